The first kappa shape index (κ1) is 16.0. The average Bonchev–Trinajstić information content (AvgIpc) is 2.54. The summed E-state index contributed by atoms with van der Waals surface area (Å²) < 4.78 is 16.1. The van der Waals surface area contributed by atoms with Crippen LogP contribution in [-0.2, 0) is 4.74 Å². The Labute approximate surface area is 129 Å². The smallest absolute Gasteiger partial charge is 0.415 e. The van der Waals surface area contributed by atoms with Crippen molar-refractivity contribution in [2.24, 2.45) is 0 Å². The number of hydrogen-bond donors (Lipinski definition) is 0. The molecule has 1 amide bonds. The Bertz CT molecular complexity index is 564. The Balaban J connectivity index is 2.23. The molecule has 6 heteroatoms. The summed E-state index contributed by atoms with van der Waals surface area (Å²) >= 11 is 0. The summed E-state index contributed by atoms with van der Waals surface area (Å²) in [6.45, 7) is 7.12. The molecule has 1 aromatic rings. The first-order valence-corrected chi connectivity index (χ1v) is 7.05. The molecule has 1 saturated heterocycles. The highest BCUT2D eigenvalue weighted by molar-refractivity contribution is 5.98. The molecule has 1 fully saturated rings. The highest BCUT2D eigenvalue weighted by Gasteiger charge is 2.23. The number of ether oxygens (including phenoxy) is 3. The predicted molar refractivity (Wildman–Crippen MR) is 80.6 cm³/mol. The lowest BCUT2D eigenvalue weighted by Crippen LogP contribution is -2.42. The maximum absolute atomic E-state index is 12.2. The zero-order valence-corrected chi connectivity index (χ0v) is 12.5. The van der Waals surface area contributed by atoms with Crippen LogP contribution >= 0.6 is 0 Å². The standard InChI is InChI=1S/C16H19NO5/c1-3-9-21-14-6-4-5-13(12(2)18)15(14)22-16(19)17-7-10-20-11-8-17/h3-6H,1,7-11H2,2H3. The molecule has 118 valence electrons. The number of rotatable bonds is 5. The average molecular weight is 305 g/mol. The molecule has 2 rings (SSSR count). The van der Waals surface area contributed by atoms with E-state index in [1.165, 1.54) is 11.8 Å². The minimum atomic E-state index is -0.513. The number of morpholine rings is 1. The summed E-state index contributed by atoms with van der Waals surface area (Å²) in [6, 6.07) is 4.93. The fourth-order valence-electron chi connectivity index (χ4n) is 2.06. The predicted octanol–water partition coefficient (Wildman–Crippen LogP) is 2.29. The molecule has 22 heavy (non-hydrogen) atoms. The van der Waals surface area contributed by atoms with E-state index in [0.29, 0.717) is 37.6 Å². The zero-order chi connectivity index (χ0) is 15.9. The first-order valence-electron chi connectivity index (χ1n) is 7.05. The van der Waals surface area contributed by atoms with Crippen LogP contribution < -0.4 is 9.47 Å². The fourth-order valence-corrected chi connectivity index (χ4v) is 2.06. The van der Waals surface area contributed by atoms with E-state index in [-0.39, 0.29) is 18.1 Å². The highest BCUT2D eigenvalue weighted by Crippen LogP contribution is 2.32. The van der Waals surface area contributed by atoms with Gasteiger partial charge in [0.25, 0.3) is 0 Å². The lowest BCUT2D eigenvalue weighted by Gasteiger charge is -2.26. The third kappa shape index (κ3) is 3.85. The molecule has 0 N–H and O–H groups in total. The third-order valence-corrected chi connectivity index (χ3v) is 3.17. The molecule has 0 aromatic heterocycles. The van der Waals surface area contributed by atoms with E-state index in [4.69, 9.17) is 14.2 Å². The Morgan fingerprint density at radius 1 is 1.36 bits per heavy atom. The molecule has 0 saturated carbocycles. The Morgan fingerprint density at radius 3 is 2.73 bits per heavy atom. The minimum Gasteiger partial charge on any atom is -0.486 e. The number of Topliss-reactive ketones (excluding diaryl/α,β-unsaturated/α-hetero) is 1. The number of carbonyl (C=O) groups is 2. The number of benzene rings is 1. The van der Waals surface area contributed by atoms with Crippen molar-refractivity contribution in [1.29, 1.82) is 0 Å². The molecule has 0 atom stereocenters. The fraction of sp³-hybridized carbons (Fsp3) is 0.375. The number of ketones is 1. The largest absolute Gasteiger partial charge is 0.486 e. The zero-order valence-electron chi connectivity index (χ0n) is 12.5. The maximum atomic E-state index is 12.2. The molecule has 0 bridgehead atoms. The van der Waals surface area contributed by atoms with E-state index >= 15 is 0 Å². The van der Waals surface area contributed by atoms with Gasteiger partial charge in [-0.15, -0.1) is 0 Å². The molecule has 1 aliphatic heterocycles. The molecule has 1 aliphatic rings. The van der Waals surface area contributed by atoms with Gasteiger partial charge in [0.1, 0.15) is 6.61 Å². The second-order valence-electron chi connectivity index (χ2n) is 4.76. The summed E-state index contributed by atoms with van der Waals surface area (Å²) in [7, 11) is 0. The molecule has 0 radical (unpaired) electrons. The quantitative estimate of drug-likeness (QED) is 0.617. The summed E-state index contributed by atoms with van der Waals surface area (Å²) in [5.74, 6) is 0.288. The SMILES string of the molecule is C=CCOc1cccc(C(C)=O)c1OC(=O)N1CCOCC1. The first-order chi connectivity index (χ1) is 10.6. The van der Waals surface area contributed by atoms with E-state index in [1.807, 2.05) is 0 Å². The van der Waals surface area contributed by atoms with E-state index < -0.39 is 6.09 Å². The van der Waals surface area contributed by atoms with Crippen LogP contribution in [0.25, 0.3) is 0 Å². The molecule has 1 heterocycles. The molecule has 0 spiro atoms. The number of para-hydroxylation sites is 1. The Kier molecular flexibility index (Phi) is 5.55. The van der Waals surface area contributed by atoms with Gasteiger partial charge >= 0.3 is 6.09 Å². The number of hydrogen-bond acceptors (Lipinski definition) is 5. The van der Waals surface area contributed by atoms with Crippen LogP contribution in [0, 0.1) is 0 Å². The molecule has 1 aromatic carbocycles. The Hall–Kier alpha value is -2.34. The summed E-state index contributed by atoms with van der Waals surface area (Å²) in [6.07, 6.45) is 1.06. The van der Waals surface area contributed by atoms with Crippen LogP contribution in [0.4, 0.5) is 4.79 Å². The second kappa shape index (κ2) is 7.61. The third-order valence-electron chi connectivity index (χ3n) is 3.17. The van der Waals surface area contributed by atoms with E-state index in [0.717, 1.165) is 0 Å². The van der Waals surface area contributed by atoms with E-state index in [2.05, 4.69) is 6.58 Å². The number of carbonyl (C=O) groups excluding carboxylic acids is 2. The molecule has 0 unspecified atom stereocenters. The van der Waals surface area contributed by atoms with Gasteiger partial charge in [-0.3, -0.25) is 4.79 Å². The molecule has 6 nitrogen and oxygen atoms in total. The topological polar surface area (TPSA) is 65.1 Å². The van der Waals surface area contributed by atoms with Crippen LogP contribution in [0.1, 0.15) is 17.3 Å². The lowest BCUT2D eigenvalue weighted by molar-refractivity contribution is 0.0412. The van der Waals surface area contributed by atoms with Crippen LogP contribution in [-0.4, -0.2) is 49.7 Å². The van der Waals surface area contributed by atoms with Gasteiger partial charge < -0.3 is 19.1 Å². The van der Waals surface area contributed by atoms with Crippen molar-refractivity contribution in [3.63, 3.8) is 0 Å². The number of nitrogens with zero attached hydrogens (tertiary/aromatic N) is 1. The monoisotopic (exact) mass is 305 g/mol. The molecule has 0 aliphatic carbocycles. The van der Waals surface area contributed by atoms with Crippen molar-refractivity contribution in [3.05, 3.63) is 36.4 Å². The van der Waals surface area contributed by atoms with E-state index in [9.17, 15) is 9.59 Å². The van der Waals surface area contributed by atoms with Gasteiger partial charge in [-0.05, 0) is 19.1 Å². The lowest BCUT2D eigenvalue weighted by atomic mass is 10.1. The van der Waals surface area contributed by atoms with Crippen molar-refractivity contribution in [2.75, 3.05) is 32.9 Å². The van der Waals surface area contributed by atoms with Crippen LogP contribution in [0.5, 0.6) is 11.5 Å². The van der Waals surface area contributed by atoms with Gasteiger partial charge in [0.05, 0.1) is 18.8 Å². The van der Waals surface area contributed by atoms with Crippen molar-refractivity contribution in [2.45, 2.75) is 6.92 Å². The van der Waals surface area contributed by atoms with Crippen molar-refractivity contribution in [1.82, 2.24) is 4.90 Å². The molecular formula is C16H19NO5. The van der Waals surface area contributed by atoms with Gasteiger partial charge in [-0.1, -0.05) is 18.7 Å². The maximum Gasteiger partial charge on any atom is 0.415 e. The normalized spacial score (nSPS) is 14.3. The van der Waals surface area contributed by atoms with Crippen molar-refractivity contribution >= 4 is 11.9 Å². The van der Waals surface area contributed by atoms with Crippen LogP contribution in [0.2, 0.25) is 0 Å². The summed E-state index contributed by atoms with van der Waals surface area (Å²) in [4.78, 5) is 25.5. The van der Waals surface area contributed by atoms with Crippen molar-refractivity contribution in [3.8, 4) is 11.5 Å². The van der Waals surface area contributed by atoms with E-state index in [1.54, 1.807) is 24.3 Å². The Morgan fingerprint density at radius 2 is 2.09 bits per heavy atom. The molecular weight excluding hydrogens is 286 g/mol. The van der Waals surface area contributed by atoms with Crippen LogP contribution in [0.15, 0.2) is 30.9 Å². The minimum absolute atomic E-state index is 0.147. The summed E-state index contributed by atoms with van der Waals surface area (Å²) in [5, 5.41) is 0. The number of amides is 1. The van der Waals surface area contributed by atoms with Crippen LogP contribution in [0.3, 0.4) is 0 Å². The van der Waals surface area contributed by atoms with Gasteiger partial charge in [0, 0.05) is 13.1 Å². The highest BCUT2D eigenvalue weighted by atomic mass is 16.6. The second-order valence-corrected chi connectivity index (χ2v) is 4.76. The van der Waals surface area contributed by atoms with Crippen molar-refractivity contribution < 1.29 is 23.8 Å². The van der Waals surface area contributed by atoms with Gasteiger partial charge in [-0.2, -0.15) is 0 Å². The van der Waals surface area contributed by atoms with Gasteiger partial charge in [0.15, 0.2) is 17.3 Å². The van der Waals surface area contributed by atoms with Gasteiger partial charge in [-0.25, -0.2) is 4.79 Å². The summed E-state index contributed by atoms with van der Waals surface area (Å²) in [5.41, 5.74) is 0.308. The van der Waals surface area contributed by atoms with Gasteiger partial charge in [0.2, 0.25) is 0 Å².